The minimum Gasteiger partial charge on any atom is -0.464 e. The van der Waals surface area contributed by atoms with Gasteiger partial charge in [0, 0.05) is 5.56 Å². The molecule has 0 saturated heterocycles. The number of aromatic nitrogens is 1. The molecule has 1 amide bonds. The summed E-state index contributed by atoms with van der Waals surface area (Å²) in [6, 6.07) is 16.4. The van der Waals surface area contributed by atoms with Crippen molar-refractivity contribution in [1.82, 2.24) is 10.3 Å². The molecule has 26 heavy (non-hydrogen) atoms. The van der Waals surface area contributed by atoms with E-state index in [1.54, 1.807) is 24.3 Å². The average molecular weight is 350 g/mol. The summed E-state index contributed by atoms with van der Waals surface area (Å²) in [5.41, 5.74) is 1.89. The fourth-order valence-electron chi connectivity index (χ4n) is 2.66. The highest BCUT2D eigenvalue weighted by Gasteiger charge is 2.23. The van der Waals surface area contributed by atoms with Crippen LogP contribution in [0.5, 0.6) is 0 Å². The van der Waals surface area contributed by atoms with Gasteiger partial charge >= 0.3 is 5.97 Å². The molecule has 3 aromatic rings. The molecule has 0 aliphatic heterocycles. The van der Waals surface area contributed by atoms with Gasteiger partial charge in [-0.25, -0.2) is 9.78 Å². The molecule has 1 heterocycles. The summed E-state index contributed by atoms with van der Waals surface area (Å²) in [6.07, 6.45) is 1.16. The van der Waals surface area contributed by atoms with E-state index in [4.69, 9.17) is 9.15 Å². The van der Waals surface area contributed by atoms with Crippen LogP contribution in [0.1, 0.15) is 39.4 Å². The number of carbonyl (C=O) groups excluding carboxylic acids is 2. The maximum Gasteiger partial charge on any atom is 0.360 e. The molecular formula is C20H18N2O4. The minimum absolute atomic E-state index is 0.0313. The highest BCUT2D eigenvalue weighted by molar-refractivity contribution is 6.03. The summed E-state index contributed by atoms with van der Waals surface area (Å²) in [4.78, 5) is 28.6. The number of nitrogens with zero attached hydrogens (tertiary/aromatic N) is 1. The Morgan fingerprint density at radius 3 is 2.50 bits per heavy atom. The van der Waals surface area contributed by atoms with Crippen molar-refractivity contribution in [2.24, 2.45) is 0 Å². The molecule has 0 radical (unpaired) electrons. The lowest BCUT2D eigenvalue weighted by Crippen LogP contribution is -2.27. The van der Waals surface area contributed by atoms with Gasteiger partial charge in [-0.2, -0.15) is 0 Å². The Kier molecular flexibility index (Phi) is 5.12. The molecule has 6 heteroatoms. The molecule has 0 aliphatic rings. The van der Waals surface area contributed by atoms with Crippen molar-refractivity contribution in [3.05, 3.63) is 77.8 Å². The Balaban J connectivity index is 1.92. The Morgan fingerprint density at radius 1 is 1.08 bits per heavy atom. The summed E-state index contributed by atoms with van der Waals surface area (Å²) in [6.45, 7) is 1.91. The van der Waals surface area contributed by atoms with Crippen LogP contribution in [0.2, 0.25) is 0 Å². The molecule has 3 rings (SSSR count). The first-order valence-electron chi connectivity index (χ1n) is 8.08. The predicted octanol–water partition coefficient (Wildman–Crippen LogP) is 3.62. The molecule has 1 N–H and O–H groups in total. The lowest BCUT2D eigenvalue weighted by Gasteiger charge is -2.15. The second-order valence-corrected chi connectivity index (χ2v) is 5.67. The van der Waals surface area contributed by atoms with Gasteiger partial charge in [0.05, 0.1) is 18.7 Å². The van der Waals surface area contributed by atoms with Crippen LogP contribution >= 0.6 is 0 Å². The van der Waals surface area contributed by atoms with Crippen molar-refractivity contribution in [2.75, 3.05) is 7.11 Å². The number of hydrogen-bond donors (Lipinski definition) is 1. The third kappa shape index (κ3) is 3.49. The lowest BCUT2D eigenvalue weighted by atomic mass is 10.0. The molecular weight excluding hydrogens is 332 g/mol. The molecule has 1 aromatic heterocycles. The van der Waals surface area contributed by atoms with Crippen LogP contribution in [0.3, 0.4) is 0 Å². The van der Waals surface area contributed by atoms with Gasteiger partial charge in [0.1, 0.15) is 0 Å². The monoisotopic (exact) mass is 350 g/mol. The molecule has 6 nitrogen and oxygen atoms in total. The van der Waals surface area contributed by atoms with Crippen LogP contribution in [0.4, 0.5) is 0 Å². The van der Waals surface area contributed by atoms with Crippen LogP contribution < -0.4 is 5.32 Å². The van der Waals surface area contributed by atoms with Gasteiger partial charge in [-0.05, 0) is 18.6 Å². The summed E-state index contributed by atoms with van der Waals surface area (Å²) >= 11 is 0. The second kappa shape index (κ2) is 7.65. The molecule has 0 saturated carbocycles. The van der Waals surface area contributed by atoms with Crippen molar-refractivity contribution in [3.8, 4) is 11.3 Å². The third-order valence-corrected chi connectivity index (χ3v) is 4.01. The zero-order valence-electron chi connectivity index (χ0n) is 14.4. The van der Waals surface area contributed by atoms with E-state index in [1.807, 2.05) is 37.3 Å². The summed E-state index contributed by atoms with van der Waals surface area (Å²) < 4.78 is 10.1. The van der Waals surface area contributed by atoms with Crippen molar-refractivity contribution >= 4 is 11.9 Å². The number of ether oxygens (including phenoxy) is 1. The number of oxazole rings is 1. The normalized spacial score (nSPS) is 11.6. The highest BCUT2D eigenvalue weighted by Crippen LogP contribution is 2.27. The predicted molar refractivity (Wildman–Crippen MR) is 95.6 cm³/mol. The maximum absolute atomic E-state index is 12.8. The zero-order valence-corrected chi connectivity index (χ0v) is 14.4. The summed E-state index contributed by atoms with van der Waals surface area (Å²) in [7, 11) is 1.26. The number of rotatable bonds is 5. The van der Waals surface area contributed by atoms with Gasteiger partial charge in [0.25, 0.3) is 5.91 Å². The van der Waals surface area contributed by atoms with E-state index in [-0.39, 0.29) is 23.4 Å². The maximum atomic E-state index is 12.8. The largest absolute Gasteiger partial charge is 0.464 e. The van der Waals surface area contributed by atoms with E-state index in [9.17, 15) is 9.59 Å². The van der Waals surface area contributed by atoms with Crippen molar-refractivity contribution < 1.29 is 18.7 Å². The summed E-state index contributed by atoms with van der Waals surface area (Å²) in [5, 5.41) is 2.96. The van der Waals surface area contributed by atoms with Gasteiger partial charge < -0.3 is 14.5 Å². The number of carbonyl (C=O) groups is 2. The number of hydrogen-bond acceptors (Lipinski definition) is 5. The topological polar surface area (TPSA) is 81.4 Å². The first-order chi connectivity index (χ1) is 12.6. The minimum atomic E-state index is -0.624. The van der Waals surface area contributed by atoms with Crippen molar-refractivity contribution in [2.45, 2.75) is 13.0 Å². The lowest BCUT2D eigenvalue weighted by molar-refractivity contribution is 0.0595. The van der Waals surface area contributed by atoms with E-state index >= 15 is 0 Å². The average Bonchev–Trinajstić information content (AvgIpc) is 3.17. The molecule has 132 valence electrons. The summed E-state index contributed by atoms with van der Waals surface area (Å²) in [5.74, 6) is -0.694. The van der Waals surface area contributed by atoms with Gasteiger partial charge in [0.2, 0.25) is 0 Å². The highest BCUT2D eigenvalue weighted by atomic mass is 16.5. The molecule has 0 bridgehead atoms. The first kappa shape index (κ1) is 17.4. The number of methoxy groups -OCH3 is 1. The Labute approximate surface area is 150 Å². The standard InChI is InChI=1S/C20H18N2O4/c1-13(14-8-4-3-5-9-14)22-19(23)16-11-7-6-10-15(16)18-17(20(24)25-2)21-12-26-18/h3-13H,1-2H3,(H,22,23)/t13-/m0/s1. The number of nitrogens with one attached hydrogen (secondary N) is 1. The van der Waals surface area contributed by atoms with E-state index in [0.717, 1.165) is 12.0 Å². The Bertz CT molecular complexity index is 918. The van der Waals surface area contributed by atoms with Crippen molar-refractivity contribution in [3.63, 3.8) is 0 Å². The van der Waals surface area contributed by atoms with Crippen molar-refractivity contribution in [1.29, 1.82) is 0 Å². The van der Waals surface area contributed by atoms with E-state index in [1.165, 1.54) is 7.11 Å². The zero-order chi connectivity index (χ0) is 18.5. The van der Waals surface area contributed by atoms with Gasteiger partial charge in [-0.1, -0.05) is 48.5 Å². The molecule has 2 aromatic carbocycles. The molecule has 0 spiro atoms. The van der Waals surface area contributed by atoms with E-state index in [0.29, 0.717) is 11.1 Å². The molecule has 0 fully saturated rings. The number of esters is 1. The quantitative estimate of drug-likeness (QED) is 0.711. The van der Waals surface area contributed by atoms with Crippen LogP contribution in [-0.4, -0.2) is 24.0 Å². The van der Waals surface area contributed by atoms with Gasteiger partial charge in [-0.15, -0.1) is 0 Å². The molecule has 1 atom stereocenters. The second-order valence-electron chi connectivity index (χ2n) is 5.67. The number of benzene rings is 2. The van der Waals surface area contributed by atoms with Gasteiger partial charge in [0.15, 0.2) is 17.8 Å². The van der Waals surface area contributed by atoms with E-state index in [2.05, 4.69) is 10.3 Å². The van der Waals surface area contributed by atoms with Crippen LogP contribution in [0, 0.1) is 0 Å². The SMILES string of the molecule is COC(=O)c1ncoc1-c1ccccc1C(=O)N[C@@H](C)c1ccccc1. The van der Waals surface area contributed by atoms with Crippen LogP contribution in [-0.2, 0) is 4.74 Å². The van der Waals surface area contributed by atoms with E-state index < -0.39 is 5.97 Å². The molecule has 0 aliphatic carbocycles. The smallest absolute Gasteiger partial charge is 0.360 e. The first-order valence-corrected chi connectivity index (χ1v) is 8.08. The fraction of sp³-hybridized carbons (Fsp3) is 0.150. The number of amides is 1. The third-order valence-electron chi connectivity index (χ3n) is 4.01. The Morgan fingerprint density at radius 2 is 1.77 bits per heavy atom. The fourth-order valence-corrected chi connectivity index (χ4v) is 2.66. The van der Waals surface area contributed by atoms with Crippen LogP contribution in [0.25, 0.3) is 11.3 Å². The Hall–Kier alpha value is -3.41. The van der Waals surface area contributed by atoms with Gasteiger partial charge in [-0.3, -0.25) is 4.79 Å². The molecule has 0 unspecified atom stereocenters. The van der Waals surface area contributed by atoms with Crippen LogP contribution in [0.15, 0.2) is 65.4 Å².